The summed E-state index contributed by atoms with van der Waals surface area (Å²) < 4.78 is 16.8. The first-order chi connectivity index (χ1) is 8.19. The van der Waals surface area contributed by atoms with E-state index < -0.39 is 0 Å². The van der Waals surface area contributed by atoms with Crippen molar-refractivity contribution in [1.82, 2.24) is 0 Å². The zero-order valence-electron chi connectivity index (χ0n) is 10.2. The highest BCUT2D eigenvalue weighted by Crippen LogP contribution is 2.44. The molecule has 0 bridgehead atoms. The molecule has 0 spiro atoms. The Hall–Kier alpha value is -0.940. The largest absolute Gasteiger partial charge is 0.493 e. The number of benzene rings is 1. The zero-order chi connectivity index (χ0) is 12.8. The maximum Gasteiger partial charge on any atom is 0.203 e. The molecule has 0 aliphatic heterocycles. The lowest BCUT2D eigenvalue weighted by atomic mass is 10.1. The van der Waals surface area contributed by atoms with Gasteiger partial charge in [0, 0.05) is 16.6 Å². The van der Waals surface area contributed by atoms with Gasteiger partial charge in [-0.1, -0.05) is 15.9 Å². The third-order valence-electron chi connectivity index (χ3n) is 2.46. The SMILES string of the molecule is COc1cc(Br)c(CCCO)c(OC)c1OC. The average molecular weight is 305 g/mol. The van der Waals surface area contributed by atoms with Crippen molar-refractivity contribution in [1.29, 1.82) is 0 Å². The number of aliphatic hydroxyl groups is 1. The summed E-state index contributed by atoms with van der Waals surface area (Å²) in [6.45, 7) is 0.143. The highest BCUT2D eigenvalue weighted by Gasteiger charge is 2.18. The Labute approximate surface area is 110 Å². The molecule has 0 atom stereocenters. The summed E-state index contributed by atoms with van der Waals surface area (Å²) in [5.41, 5.74) is 0.971. The summed E-state index contributed by atoms with van der Waals surface area (Å²) in [5.74, 6) is 1.84. The second-order valence-electron chi connectivity index (χ2n) is 3.43. The normalized spacial score (nSPS) is 10.2. The van der Waals surface area contributed by atoms with Crippen LogP contribution in [0.3, 0.4) is 0 Å². The van der Waals surface area contributed by atoms with Crippen LogP contribution in [0.15, 0.2) is 10.5 Å². The van der Waals surface area contributed by atoms with Crippen LogP contribution in [0.25, 0.3) is 0 Å². The molecule has 5 heteroatoms. The molecule has 0 aromatic heterocycles. The van der Waals surface area contributed by atoms with Crippen molar-refractivity contribution in [3.05, 3.63) is 16.1 Å². The van der Waals surface area contributed by atoms with Gasteiger partial charge >= 0.3 is 0 Å². The molecule has 0 saturated heterocycles. The van der Waals surface area contributed by atoms with E-state index in [4.69, 9.17) is 19.3 Å². The number of rotatable bonds is 6. The van der Waals surface area contributed by atoms with Crippen LogP contribution in [-0.2, 0) is 6.42 Å². The van der Waals surface area contributed by atoms with Gasteiger partial charge in [-0.25, -0.2) is 0 Å². The fourth-order valence-corrected chi connectivity index (χ4v) is 2.26. The van der Waals surface area contributed by atoms with E-state index in [1.54, 1.807) is 21.3 Å². The second kappa shape index (κ2) is 6.71. The van der Waals surface area contributed by atoms with E-state index >= 15 is 0 Å². The number of methoxy groups -OCH3 is 3. The van der Waals surface area contributed by atoms with Gasteiger partial charge in [-0.3, -0.25) is 0 Å². The monoisotopic (exact) mass is 304 g/mol. The van der Waals surface area contributed by atoms with Crippen LogP contribution in [0.5, 0.6) is 17.2 Å². The predicted molar refractivity (Wildman–Crippen MR) is 69.2 cm³/mol. The molecule has 0 radical (unpaired) electrons. The van der Waals surface area contributed by atoms with Crippen LogP contribution >= 0.6 is 15.9 Å². The van der Waals surface area contributed by atoms with E-state index in [1.807, 2.05) is 6.07 Å². The molecular weight excluding hydrogens is 288 g/mol. The molecular formula is C12H17BrO4. The third-order valence-corrected chi connectivity index (χ3v) is 3.17. The summed E-state index contributed by atoms with van der Waals surface area (Å²) in [6.07, 6.45) is 1.38. The Bertz CT molecular complexity index is 379. The quantitative estimate of drug-likeness (QED) is 0.877. The van der Waals surface area contributed by atoms with E-state index in [9.17, 15) is 0 Å². The Morgan fingerprint density at radius 3 is 2.24 bits per heavy atom. The summed E-state index contributed by atoms with van der Waals surface area (Å²) in [6, 6.07) is 1.84. The Balaban J connectivity index is 3.27. The Morgan fingerprint density at radius 1 is 1.12 bits per heavy atom. The molecule has 0 heterocycles. The van der Waals surface area contributed by atoms with Crippen LogP contribution in [0.1, 0.15) is 12.0 Å². The van der Waals surface area contributed by atoms with E-state index in [0.717, 1.165) is 10.0 Å². The zero-order valence-corrected chi connectivity index (χ0v) is 11.8. The molecule has 96 valence electrons. The number of aliphatic hydroxyl groups excluding tert-OH is 1. The maximum absolute atomic E-state index is 8.90. The fraction of sp³-hybridized carbons (Fsp3) is 0.500. The van der Waals surface area contributed by atoms with Gasteiger partial charge in [-0.05, 0) is 18.9 Å². The van der Waals surface area contributed by atoms with Crippen LogP contribution in [0, 0.1) is 0 Å². The third kappa shape index (κ3) is 3.04. The topological polar surface area (TPSA) is 47.9 Å². The first-order valence-corrected chi connectivity index (χ1v) is 6.07. The van der Waals surface area contributed by atoms with Crippen LogP contribution in [-0.4, -0.2) is 33.0 Å². The molecule has 17 heavy (non-hydrogen) atoms. The fourth-order valence-electron chi connectivity index (χ4n) is 1.67. The average Bonchev–Trinajstić information content (AvgIpc) is 2.35. The van der Waals surface area contributed by atoms with E-state index in [0.29, 0.717) is 30.1 Å². The smallest absolute Gasteiger partial charge is 0.203 e. The molecule has 1 aromatic rings. The van der Waals surface area contributed by atoms with Crippen molar-refractivity contribution < 1.29 is 19.3 Å². The number of halogens is 1. The highest BCUT2D eigenvalue weighted by molar-refractivity contribution is 9.10. The molecule has 1 N–H and O–H groups in total. The lowest BCUT2D eigenvalue weighted by molar-refractivity contribution is 0.286. The summed E-state index contributed by atoms with van der Waals surface area (Å²) >= 11 is 3.48. The predicted octanol–water partition coefficient (Wildman–Crippen LogP) is 2.40. The summed E-state index contributed by atoms with van der Waals surface area (Å²) in [5, 5.41) is 8.90. The van der Waals surface area contributed by atoms with E-state index in [-0.39, 0.29) is 6.61 Å². The molecule has 0 unspecified atom stereocenters. The lowest BCUT2D eigenvalue weighted by Crippen LogP contribution is -2.01. The van der Waals surface area contributed by atoms with Gasteiger partial charge < -0.3 is 19.3 Å². The molecule has 0 aliphatic rings. The molecule has 1 rings (SSSR count). The number of hydrogen-bond donors (Lipinski definition) is 1. The van der Waals surface area contributed by atoms with Gasteiger partial charge in [-0.2, -0.15) is 0 Å². The number of hydrogen-bond acceptors (Lipinski definition) is 4. The van der Waals surface area contributed by atoms with Crippen LogP contribution in [0.4, 0.5) is 0 Å². The number of ether oxygens (including phenoxy) is 3. The Kier molecular flexibility index (Phi) is 5.58. The minimum atomic E-state index is 0.143. The molecule has 0 amide bonds. The molecule has 0 saturated carbocycles. The second-order valence-corrected chi connectivity index (χ2v) is 4.29. The van der Waals surface area contributed by atoms with Crippen molar-refractivity contribution in [3.8, 4) is 17.2 Å². The van der Waals surface area contributed by atoms with Gasteiger partial charge in [0.05, 0.1) is 21.3 Å². The van der Waals surface area contributed by atoms with Gasteiger partial charge in [0.15, 0.2) is 11.5 Å². The van der Waals surface area contributed by atoms with E-state index in [2.05, 4.69) is 15.9 Å². The standard InChI is InChI=1S/C12H17BrO4/c1-15-10-7-9(13)8(5-4-6-14)11(16-2)12(10)17-3/h7,14H,4-6H2,1-3H3. The minimum absolute atomic E-state index is 0.143. The van der Waals surface area contributed by atoms with E-state index in [1.165, 1.54) is 0 Å². The first kappa shape index (κ1) is 14.1. The molecule has 0 fully saturated rings. The highest BCUT2D eigenvalue weighted by atomic mass is 79.9. The van der Waals surface area contributed by atoms with Crippen LogP contribution < -0.4 is 14.2 Å². The van der Waals surface area contributed by atoms with Crippen molar-refractivity contribution in [2.75, 3.05) is 27.9 Å². The molecule has 0 aliphatic carbocycles. The first-order valence-electron chi connectivity index (χ1n) is 5.27. The maximum atomic E-state index is 8.90. The van der Waals surface area contributed by atoms with Gasteiger partial charge in [-0.15, -0.1) is 0 Å². The van der Waals surface area contributed by atoms with Crippen molar-refractivity contribution in [3.63, 3.8) is 0 Å². The Morgan fingerprint density at radius 2 is 1.76 bits per heavy atom. The molecule has 4 nitrogen and oxygen atoms in total. The minimum Gasteiger partial charge on any atom is -0.493 e. The van der Waals surface area contributed by atoms with Crippen molar-refractivity contribution >= 4 is 15.9 Å². The molecule has 1 aromatic carbocycles. The van der Waals surface area contributed by atoms with Crippen LogP contribution in [0.2, 0.25) is 0 Å². The van der Waals surface area contributed by atoms with Gasteiger partial charge in [0.2, 0.25) is 5.75 Å². The van der Waals surface area contributed by atoms with Crippen molar-refractivity contribution in [2.24, 2.45) is 0 Å². The summed E-state index contributed by atoms with van der Waals surface area (Å²) in [7, 11) is 4.74. The lowest BCUT2D eigenvalue weighted by Gasteiger charge is -2.17. The summed E-state index contributed by atoms with van der Waals surface area (Å²) in [4.78, 5) is 0. The van der Waals surface area contributed by atoms with Gasteiger partial charge in [0.25, 0.3) is 0 Å². The van der Waals surface area contributed by atoms with Gasteiger partial charge in [0.1, 0.15) is 0 Å². The van der Waals surface area contributed by atoms with Crippen molar-refractivity contribution in [2.45, 2.75) is 12.8 Å².